The maximum Gasteiger partial charge on any atom is 0.321 e. The summed E-state index contributed by atoms with van der Waals surface area (Å²) in [5.41, 5.74) is 0. The Morgan fingerprint density at radius 3 is 2.79 bits per heavy atom. The summed E-state index contributed by atoms with van der Waals surface area (Å²) in [5, 5.41) is 13.6. The topological polar surface area (TPSA) is 98.1 Å². The van der Waals surface area contributed by atoms with Crippen LogP contribution >= 0.6 is 23.4 Å². The molecule has 0 aliphatic heterocycles. The molecule has 0 bridgehead atoms. The fourth-order valence-electron chi connectivity index (χ4n) is 1.66. The molecule has 1 heterocycles. The molecule has 0 radical (unpaired) electrons. The minimum Gasteiger partial charge on any atom is -0.484 e. The number of carbonyl (C=O) groups is 2. The zero-order valence-corrected chi connectivity index (χ0v) is 14.6. The van der Waals surface area contributed by atoms with Gasteiger partial charge in [0.2, 0.25) is 5.91 Å². The van der Waals surface area contributed by atoms with Gasteiger partial charge in [0, 0.05) is 14.1 Å². The number of nitrogens with zero attached hydrogens (tertiary/aromatic N) is 3. The van der Waals surface area contributed by atoms with E-state index in [2.05, 4.69) is 20.8 Å². The third-order valence-corrected chi connectivity index (χ3v) is 4.26. The van der Waals surface area contributed by atoms with Crippen LogP contribution in [-0.4, -0.2) is 39.5 Å². The predicted molar refractivity (Wildman–Crippen MR) is 90.1 cm³/mol. The van der Waals surface area contributed by atoms with Crippen molar-refractivity contribution in [3.05, 3.63) is 35.1 Å². The van der Waals surface area contributed by atoms with Crippen LogP contribution in [0.1, 0.15) is 5.82 Å². The summed E-state index contributed by atoms with van der Waals surface area (Å²) in [4.78, 5) is 22.6. The Morgan fingerprint density at radius 2 is 2.08 bits per heavy atom. The fourth-order valence-corrected chi connectivity index (χ4v) is 2.58. The molecule has 0 unspecified atom stereocenters. The summed E-state index contributed by atoms with van der Waals surface area (Å²) < 4.78 is 7.33. The number of thioether (sulfide) groups is 1. The summed E-state index contributed by atoms with van der Waals surface area (Å²) in [6.45, 7) is 0.193. The first-order valence-corrected chi connectivity index (χ1v) is 8.27. The van der Waals surface area contributed by atoms with Gasteiger partial charge in [0.15, 0.2) is 11.0 Å². The Hall–Kier alpha value is -2.26. The monoisotopic (exact) mass is 369 g/mol. The number of hydrogen-bond donors (Lipinski definition) is 2. The van der Waals surface area contributed by atoms with Crippen LogP contribution in [0.15, 0.2) is 29.4 Å². The van der Waals surface area contributed by atoms with Crippen LogP contribution in [-0.2, 0) is 18.4 Å². The van der Waals surface area contributed by atoms with E-state index in [0.29, 0.717) is 21.8 Å². The number of aromatic nitrogens is 3. The molecule has 3 amide bonds. The number of benzene rings is 1. The lowest BCUT2D eigenvalue weighted by atomic mass is 10.3. The number of hydrogen-bond acceptors (Lipinski definition) is 6. The summed E-state index contributed by atoms with van der Waals surface area (Å²) in [6, 6.07) is 6.59. The van der Waals surface area contributed by atoms with E-state index in [1.165, 1.54) is 18.8 Å². The molecule has 8 nitrogen and oxygen atoms in total. The van der Waals surface area contributed by atoms with Crippen LogP contribution in [0.5, 0.6) is 5.75 Å². The highest BCUT2D eigenvalue weighted by Crippen LogP contribution is 2.24. The molecule has 2 rings (SSSR count). The Kier molecular flexibility index (Phi) is 6.44. The van der Waals surface area contributed by atoms with Crippen molar-refractivity contribution in [2.45, 2.75) is 11.8 Å². The van der Waals surface area contributed by atoms with Crippen molar-refractivity contribution < 1.29 is 14.3 Å². The van der Waals surface area contributed by atoms with E-state index in [0.717, 1.165) is 0 Å². The number of ether oxygens (including phenoxy) is 1. The minimum absolute atomic E-state index is 0.0464. The second-order valence-corrected chi connectivity index (χ2v) is 5.94. The maximum atomic E-state index is 11.6. The molecule has 0 aliphatic rings. The lowest BCUT2D eigenvalue weighted by molar-refractivity contribution is -0.117. The summed E-state index contributed by atoms with van der Waals surface area (Å²) in [7, 11) is 3.20. The van der Waals surface area contributed by atoms with Crippen LogP contribution in [0, 0.1) is 0 Å². The molecule has 2 N–H and O–H groups in total. The van der Waals surface area contributed by atoms with Gasteiger partial charge in [-0.15, -0.1) is 10.2 Å². The quantitative estimate of drug-likeness (QED) is 0.750. The van der Waals surface area contributed by atoms with E-state index < -0.39 is 11.9 Å². The third kappa shape index (κ3) is 4.87. The SMILES string of the molecule is CNC(=O)NC(=O)CSc1nnc(COc2ccccc2Cl)n1C. The molecule has 0 aliphatic carbocycles. The van der Waals surface area contributed by atoms with Crippen molar-refractivity contribution in [2.24, 2.45) is 7.05 Å². The number of imide groups is 1. The first-order chi connectivity index (χ1) is 11.5. The number of rotatable bonds is 6. The first-order valence-electron chi connectivity index (χ1n) is 6.91. The first kappa shape index (κ1) is 18.1. The largest absolute Gasteiger partial charge is 0.484 e. The number of para-hydroxylation sites is 1. The molecule has 2 aromatic rings. The Balaban J connectivity index is 1.90. The predicted octanol–water partition coefficient (Wildman–Crippen LogP) is 1.60. The summed E-state index contributed by atoms with van der Waals surface area (Å²) in [6.07, 6.45) is 0. The van der Waals surface area contributed by atoms with Crippen LogP contribution in [0.2, 0.25) is 5.02 Å². The molecule has 1 aromatic carbocycles. The molecule has 0 saturated heterocycles. The smallest absolute Gasteiger partial charge is 0.321 e. The average molecular weight is 370 g/mol. The second kappa shape index (κ2) is 8.55. The number of carbonyl (C=O) groups excluding carboxylic acids is 2. The van der Waals surface area contributed by atoms with Crippen molar-refractivity contribution in [2.75, 3.05) is 12.8 Å². The molecule has 0 saturated carbocycles. The van der Waals surface area contributed by atoms with Gasteiger partial charge in [-0.1, -0.05) is 35.5 Å². The van der Waals surface area contributed by atoms with Crippen LogP contribution in [0.4, 0.5) is 4.79 Å². The van der Waals surface area contributed by atoms with E-state index in [1.807, 2.05) is 12.1 Å². The van der Waals surface area contributed by atoms with Crippen molar-refractivity contribution in [3.8, 4) is 5.75 Å². The molecule has 0 spiro atoms. The lowest BCUT2D eigenvalue weighted by Gasteiger charge is -2.07. The van der Waals surface area contributed by atoms with Crippen molar-refractivity contribution in [3.63, 3.8) is 0 Å². The van der Waals surface area contributed by atoms with Crippen LogP contribution in [0.25, 0.3) is 0 Å². The zero-order chi connectivity index (χ0) is 17.5. The Bertz CT molecular complexity index is 737. The minimum atomic E-state index is -0.549. The van der Waals surface area contributed by atoms with E-state index in [1.54, 1.807) is 23.7 Å². The molecule has 0 fully saturated rings. The summed E-state index contributed by atoms with van der Waals surface area (Å²) >= 11 is 7.19. The molecule has 1 aromatic heterocycles. The van der Waals surface area contributed by atoms with Gasteiger partial charge in [0.1, 0.15) is 12.4 Å². The number of halogens is 1. The van der Waals surface area contributed by atoms with Crippen LogP contribution < -0.4 is 15.4 Å². The molecular formula is C14H16ClN5O3S. The molecular weight excluding hydrogens is 354 g/mol. The van der Waals surface area contributed by atoms with Gasteiger partial charge in [-0.3, -0.25) is 10.1 Å². The normalized spacial score (nSPS) is 10.3. The van der Waals surface area contributed by atoms with Gasteiger partial charge < -0.3 is 14.6 Å². The van der Waals surface area contributed by atoms with E-state index in [9.17, 15) is 9.59 Å². The van der Waals surface area contributed by atoms with Gasteiger partial charge in [0.05, 0.1) is 10.8 Å². The van der Waals surface area contributed by atoms with Gasteiger partial charge in [-0.25, -0.2) is 4.79 Å². The van der Waals surface area contributed by atoms with Gasteiger partial charge in [0.25, 0.3) is 0 Å². The highest BCUT2D eigenvalue weighted by Gasteiger charge is 2.13. The van der Waals surface area contributed by atoms with Gasteiger partial charge in [-0.2, -0.15) is 0 Å². The van der Waals surface area contributed by atoms with Crippen LogP contribution in [0.3, 0.4) is 0 Å². The molecule has 24 heavy (non-hydrogen) atoms. The molecule has 10 heteroatoms. The third-order valence-electron chi connectivity index (χ3n) is 2.93. The fraction of sp³-hybridized carbons (Fsp3) is 0.286. The number of amides is 3. The highest BCUT2D eigenvalue weighted by atomic mass is 35.5. The molecule has 128 valence electrons. The second-order valence-electron chi connectivity index (χ2n) is 4.59. The highest BCUT2D eigenvalue weighted by molar-refractivity contribution is 7.99. The Morgan fingerprint density at radius 1 is 1.33 bits per heavy atom. The Labute approximate surface area is 147 Å². The average Bonchev–Trinajstić information content (AvgIpc) is 2.92. The van der Waals surface area contributed by atoms with Gasteiger partial charge in [-0.05, 0) is 12.1 Å². The number of urea groups is 1. The lowest BCUT2D eigenvalue weighted by Crippen LogP contribution is -2.38. The number of nitrogens with one attached hydrogen (secondary N) is 2. The van der Waals surface area contributed by atoms with E-state index in [4.69, 9.17) is 16.3 Å². The standard InChI is InChI=1S/C14H16ClN5O3S/c1-16-13(22)17-12(21)8-24-14-19-18-11(20(14)2)7-23-10-6-4-3-5-9(10)15/h3-6H,7-8H2,1-2H3,(H2,16,17,21,22). The maximum absolute atomic E-state index is 11.6. The van der Waals surface area contributed by atoms with Gasteiger partial charge >= 0.3 is 6.03 Å². The van der Waals surface area contributed by atoms with E-state index >= 15 is 0 Å². The van der Waals surface area contributed by atoms with Crippen molar-refractivity contribution >= 4 is 35.3 Å². The summed E-state index contributed by atoms with van der Waals surface area (Å²) in [5.74, 6) is 0.770. The van der Waals surface area contributed by atoms with E-state index in [-0.39, 0.29) is 12.4 Å². The molecule has 0 atom stereocenters. The zero-order valence-electron chi connectivity index (χ0n) is 13.1. The van der Waals surface area contributed by atoms with Crippen molar-refractivity contribution in [1.82, 2.24) is 25.4 Å². The van der Waals surface area contributed by atoms with Crippen molar-refractivity contribution in [1.29, 1.82) is 0 Å².